The highest BCUT2D eigenvalue weighted by Crippen LogP contribution is 2.34. The van der Waals surface area contributed by atoms with Gasteiger partial charge in [-0.2, -0.15) is 0 Å². The maximum absolute atomic E-state index is 12.9. The van der Waals surface area contributed by atoms with Gasteiger partial charge in [-0.15, -0.1) is 6.58 Å². The van der Waals surface area contributed by atoms with Crippen LogP contribution in [-0.4, -0.2) is 53.6 Å². The second-order valence-electron chi connectivity index (χ2n) is 6.70. The molecule has 0 spiro atoms. The first-order valence-electron chi connectivity index (χ1n) is 9.56. The Bertz CT molecular complexity index is 1060. The van der Waals surface area contributed by atoms with E-state index in [2.05, 4.69) is 11.9 Å². The van der Waals surface area contributed by atoms with E-state index in [0.717, 1.165) is 9.87 Å². The Morgan fingerprint density at radius 2 is 1.84 bits per heavy atom. The van der Waals surface area contributed by atoms with Crippen molar-refractivity contribution in [2.75, 3.05) is 40.2 Å². The van der Waals surface area contributed by atoms with Crippen LogP contribution in [0.3, 0.4) is 0 Å². The lowest BCUT2D eigenvalue weighted by atomic mass is 10.0. The number of ether oxygens (including phenoxy) is 3. The summed E-state index contributed by atoms with van der Waals surface area (Å²) in [5.74, 6) is 0.728. The number of amides is 1. The molecule has 0 aliphatic carbocycles. The molecule has 0 aliphatic heterocycles. The van der Waals surface area contributed by atoms with Gasteiger partial charge < -0.3 is 19.5 Å². The molecule has 2 rings (SSSR count). The molecule has 0 bridgehead atoms. The first-order valence-corrected chi connectivity index (χ1v) is 11.0. The third kappa shape index (κ3) is 5.36. The van der Waals surface area contributed by atoms with Crippen LogP contribution in [0.15, 0.2) is 47.9 Å². The molecule has 0 heterocycles. The summed E-state index contributed by atoms with van der Waals surface area (Å²) >= 11 is 0. The summed E-state index contributed by atoms with van der Waals surface area (Å²) in [6.45, 7) is 5.80. The van der Waals surface area contributed by atoms with E-state index < -0.39 is 15.9 Å². The number of allylic oxidation sites excluding steroid dienone is 1. The van der Waals surface area contributed by atoms with Gasteiger partial charge in [0.05, 0.1) is 20.8 Å². The Kier molecular flexibility index (Phi) is 8.07. The van der Waals surface area contributed by atoms with Crippen LogP contribution in [0.1, 0.15) is 22.8 Å². The summed E-state index contributed by atoms with van der Waals surface area (Å²) in [7, 11) is 2.10. The summed E-state index contributed by atoms with van der Waals surface area (Å²) in [5.41, 5.74) is 1.39. The van der Waals surface area contributed by atoms with Gasteiger partial charge in [0.15, 0.2) is 11.5 Å². The predicted molar refractivity (Wildman–Crippen MR) is 120 cm³/mol. The molecule has 2 aromatic rings. The molecule has 0 saturated carbocycles. The molecule has 0 saturated heterocycles. The van der Waals surface area contributed by atoms with Gasteiger partial charge >= 0.3 is 0 Å². The van der Waals surface area contributed by atoms with E-state index in [0.29, 0.717) is 35.8 Å². The van der Waals surface area contributed by atoms with Gasteiger partial charge in [-0.1, -0.05) is 6.08 Å². The van der Waals surface area contributed by atoms with Crippen molar-refractivity contribution in [2.24, 2.45) is 0 Å². The lowest BCUT2D eigenvalue weighted by molar-refractivity contribution is 0.102. The van der Waals surface area contributed by atoms with Gasteiger partial charge in [0.25, 0.3) is 5.91 Å². The number of methoxy groups -OCH3 is 2. The number of benzene rings is 2. The third-order valence-electron chi connectivity index (χ3n) is 4.44. The fraction of sp³-hybridized carbons (Fsp3) is 0.318. The molecule has 0 aliphatic rings. The largest absolute Gasteiger partial charge is 0.493 e. The average Bonchev–Trinajstić information content (AvgIpc) is 2.74. The standard InChI is InChI=1S/C22H28N2O6S/c1-7-9-15-12-16(13-19(28-5)21(15)29-6)22(25)23-17-10-11-18(30-8-2)20(14-17)31(26,27)24(3)4/h7,10-14H,1,8-9H2,2-6H3,(H,23,25). The third-order valence-corrected chi connectivity index (χ3v) is 6.28. The van der Waals surface area contributed by atoms with E-state index in [-0.39, 0.29) is 10.6 Å². The minimum Gasteiger partial charge on any atom is -0.493 e. The van der Waals surface area contributed by atoms with E-state index in [1.807, 2.05) is 0 Å². The lowest BCUT2D eigenvalue weighted by Crippen LogP contribution is -2.23. The fourth-order valence-electron chi connectivity index (χ4n) is 2.94. The highest BCUT2D eigenvalue weighted by Gasteiger charge is 2.24. The maximum Gasteiger partial charge on any atom is 0.255 e. The molecule has 0 unspecified atom stereocenters. The minimum absolute atomic E-state index is 0.0307. The molecule has 0 atom stereocenters. The Balaban J connectivity index is 2.46. The van der Waals surface area contributed by atoms with Crippen molar-refractivity contribution in [3.8, 4) is 17.2 Å². The van der Waals surface area contributed by atoms with Crippen LogP contribution in [0.2, 0.25) is 0 Å². The first-order chi connectivity index (χ1) is 14.7. The van der Waals surface area contributed by atoms with Crippen LogP contribution in [-0.2, 0) is 16.4 Å². The van der Waals surface area contributed by atoms with Crippen molar-refractivity contribution in [1.82, 2.24) is 4.31 Å². The van der Waals surface area contributed by atoms with Crippen molar-refractivity contribution in [3.05, 3.63) is 54.1 Å². The number of nitrogens with one attached hydrogen (secondary N) is 1. The highest BCUT2D eigenvalue weighted by molar-refractivity contribution is 7.89. The quantitative estimate of drug-likeness (QED) is 0.561. The van der Waals surface area contributed by atoms with E-state index in [9.17, 15) is 13.2 Å². The lowest BCUT2D eigenvalue weighted by Gasteiger charge is -2.17. The second kappa shape index (κ2) is 10.3. The van der Waals surface area contributed by atoms with Crippen LogP contribution in [0.25, 0.3) is 0 Å². The number of carbonyl (C=O) groups excluding carboxylic acids is 1. The highest BCUT2D eigenvalue weighted by atomic mass is 32.2. The van der Waals surface area contributed by atoms with Crippen LogP contribution in [0.4, 0.5) is 5.69 Å². The average molecular weight is 449 g/mol. The number of hydrogen-bond acceptors (Lipinski definition) is 6. The summed E-state index contributed by atoms with van der Waals surface area (Å²) in [6, 6.07) is 7.73. The topological polar surface area (TPSA) is 94.2 Å². The summed E-state index contributed by atoms with van der Waals surface area (Å²) in [5, 5.41) is 2.74. The molecular weight excluding hydrogens is 420 g/mol. The number of anilines is 1. The van der Waals surface area contributed by atoms with Crippen molar-refractivity contribution in [2.45, 2.75) is 18.2 Å². The zero-order valence-corrected chi connectivity index (χ0v) is 19.2. The second-order valence-corrected chi connectivity index (χ2v) is 8.82. The smallest absolute Gasteiger partial charge is 0.255 e. The number of nitrogens with zero attached hydrogens (tertiary/aromatic N) is 1. The summed E-state index contributed by atoms with van der Waals surface area (Å²) in [6.07, 6.45) is 2.18. The van der Waals surface area contributed by atoms with E-state index in [1.54, 1.807) is 31.2 Å². The van der Waals surface area contributed by atoms with Gasteiger partial charge in [-0.05, 0) is 43.7 Å². The first kappa shape index (κ1) is 24.2. The summed E-state index contributed by atoms with van der Waals surface area (Å²) in [4.78, 5) is 12.9. The molecule has 1 amide bonds. The molecule has 2 aromatic carbocycles. The van der Waals surface area contributed by atoms with Crippen LogP contribution < -0.4 is 19.5 Å². The van der Waals surface area contributed by atoms with E-state index >= 15 is 0 Å². The predicted octanol–water partition coefficient (Wildman–Crippen LogP) is 3.33. The zero-order chi connectivity index (χ0) is 23.2. The minimum atomic E-state index is -3.78. The number of carbonyl (C=O) groups is 1. The number of sulfonamides is 1. The van der Waals surface area contributed by atoms with Gasteiger partial charge in [-0.25, -0.2) is 12.7 Å². The molecule has 0 radical (unpaired) electrons. The monoisotopic (exact) mass is 448 g/mol. The molecular formula is C22H28N2O6S. The van der Waals surface area contributed by atoms with Crippen LogP contribution in [0, 0.1) is 0 Å². The number of hydrogen-bond donors (Lipinski definition) is 1. The fourth-order valence-corrected chi connectivity index (χ4v) is 3.99. The SMILES string of the molecule is C=CCc1cc(C(=O)Nc2ccc(OCC)c(S(=O)(=O)N(C)C)c2)cc(OC)c1OC. The Morgan fingerprint density at radius 1 is 1.13 bits per heavy atom. The Labute approximate surface area is 183 Å². The van der Waals surface area contributed by atoms with E-state index in [4.69, 9.17) is 14.2 Å². The van der Waals surface area contributed by atoms with Crippen LogP contribution >= 0.6 is 0 Å². The van der Waals surface area contributed by atoms with Crippen molar-refractivity contribution < 1.29 is 27.4 Å². The molecule has 1 N–H and O–H groups in total. The molecule has 31 heavy (non-hydrogen) atoms. The molecule has 8 nitrogen and oxygen atoms in total. The normalized spacial score (nSPS) is 11.2. The van der Waals surface area contributed by atoms with Gasteiger partial charge in [0, 0.05) is 30.9 Å². The van der Waals surface area contributed by atoms with Gasteiger partial charge in [0.1, 0.15) is 10.6 Å². The van der Waals surface area contributed by atoms with E-state index in [1.165, 1.54) is 40.4 Å². The Hall–Kier alpha value is -3.04. The molecule has 9 heteroatoms. The van der Waals surface area contributed by atoms with Crippen LogP contribution in [0.5, 0.6) is 17.2 Å². The zero-order valence-electron chi connectivity index (χ0n) is 18.4. The van der Waals surface area contributed by atoms with Crippen molar-refractivity contribution >= 4 is 21.6 Å². The van der Waals surface area contributed by atoms with Gasteiger partial charge in [-0.3, -0.25) is 4.79 Å². The number of rotatable bonds is 10. The van der Waals surface area contributed by atoms with Crippen molar-refractivity contribution in [1.29, 1.82) is 0 Å². The molecule has 0 fully saturated rings. The van der Waals surface area contributed by atoms with Crippen molar-refractivity contribution in [3.63, 3.8) is 0 Å². The van der Waals surface area contributed by atoms with Gasteiger partial charge in [0.2, 0.25) is 10.0 Å². The molecule has 0 aromatic heterocycles. The maximum atomic E-state index is 12.9. The Morgan fingerprint density at radius 3 is 2.39 bits per heavy atom. The molecule has 168 valence electrons. The summed E-state index contributed by atoms with van der Waals surface area (Å²) < 4.78 is 42.7.